The van der Waals surface area contributed by atoms with Crippen LogP contribution >= 0.6 is 15.9 Å². The van der Waals surface area contributed by atoms with Crippen LogP contribution in [0.2, 0.25) is 0 Å². The Morgan fingerprint density at radius 1 is 1.38 bits per heavy atom. The quantitative estimate of drug-likeness (QED) is 0.820. The number of carboxylic acids is 1. The lowest BCUT2D eigenvalue weighted by atomic mass is 10.1. The second-order valence-electron chi connectivity index (χ2n) is 2.34. The highest BCUT2D eigenvalue weighted by atomic mass is 79.9. The normalized spacial score (nSPS) is 12.5. The maximum Gasteiger partial charge on any atom is 0.322 e. The summed E-state index contributed by atoms with van der Waals surface area (Å²) in [5.74, 6) is -3.07. The van der Waals surface area contributed by atoms with Crippen LogP contribution in [0.4, 0.5) is 8.78 Å². The molecule has 0 bridgehead atoms. The fraction of sp³-hybridized carbons (Fsp3) is 0.125. The van der Waals surface area contributed by atoms with Gasteiger partial charge in [0.2, 0.25) is 0 Å². The monoisotopic (exact) mass is 250 g/mol. The molecule has 1 unspecified atom stereocenters. The van der Waals surface area contributed by atoms with Crippen molar-refractivity contribution in [1.82, 2.24) is 0 Å². The van der Waals surface area contributed by atoms with Gasteiger partial charge in [0, 0.05) is 5.56 Å². The lowest BCUT2D eigenvalue weighted by Crippen LogP contribution is -2.08. The molecule has 1 rings (SSSR count). The number of halogens is 3. The lowest BCUT2D eigenvalue weighted by molar-refractivity contribution is -0.136. The van der Waals surface area contributed by atoms with E-state index in [1.54, 1.807) is 0 Å². The topological polar surface area (TPSA) is 37.3 Å². The summed E-state index contributed by atoms with van der Waals surface area (Å²) in [6.07, 6.45) is 0. The summed E-state index contributed by atoms with van der Waals surface area (Å²) in [5.41, 5.74) is -0.477. The zero-order chi connectivity index (χ0) is 10.0. The molecule has 1 atom stereocenters. The largest absolute Gasteiger partial charge is 0.480 e. The Morgan fingerprint density at radius 2 is 1.85 bits per heavy atom. The predicted molar refractivity (Wildman–Crippen MR) is 45.7 cm³/mol. The number of hydrogen-bond donors (Lipinski definition) is 1. The highest BCUT2D eigenvalue weighted by Gasteiger charge is 2.23. The van der Waals surface area contributed by atoms with Crippen LogP contribution in [0.3, 0.4) is 0 Å². The average Bonchev–Trinajstić information content (AvgIpc) is 2.03. The zero-order valence-corrected chi connectivity index (χ0v) is 7.88. The summed E-state index contributed by atoms with van der Waals surface area (Å²) >= 11 is 2.67. The van der Waals surface area contributed by atoms with Crippen molar-refractivity contribution in [2.24, 2.45) is 0 Å². The molecule has 5 heteroatoms. The number of alkyl halides is 1. The zero-order valence-electron chi connectivity index (χ0n) is 6.30. The van der Waals surface area contributed by atoms with E-state index < -0.39 is 28.0 Å². The van der Waals surface area contributed by atoms with Crippen molar-refractivity contribution in [3.63, 3.8) is 0 Å². The van der Waals surface area contributed by atoms with Crippen molar-refractivity contribution in [3.05, 3.63) is 35.4 Å². The molecule has 1 N–H and O–H groups in total. The number of rotatable bonds is 2. The van der Waals surface area contributed by atoms with Crippen molar-refractivity contribution in [1.29, 1.82) is 0 Å². The summed E-state index contributed by atoms with van der Waals surface area (Å²) in [5, 5.41) is 8.50. The van der Waals surface area contributed by atoms with E-state index in [9.17, 15) is 13.6 Å². The van der Waals surface area contributed by atoms with Gasteiger partial charge in [-0.2, -0.15) is 0 Å². The molecule has 0 aliphatic rings. The summed E-state index contributed by atoms with van der Waals surface area (Å²) < 4.78 is 25.9. The van der Waals surface area contributed by atoms with Gasteiger partial charge in [-0.05, 0) is 12.1 Å². The molecule has 2 nitrogen and oxygen atoms in total. The Labute approximate surface area is 81.3 Å². The van der Waals surface area contributed by atoms with Crippen LogP contribution < -0.4 is 0 Å². The Morgan fingerprint density at radius 3 is 2.23 bits per heavy atom. The Balaban J connectivity index is 3.20. The molecular weight excluding hydrogens is 246 g/mol. The number of carbonyl (C=O) groups is 1. The number of aliphatic carboxylic acids is 1. The van der Waals surface area contributed by atoms with Gasteiger partial charge in [-0.3, -0.25) is 4.79 Å². The Bertz CT molecular complexity index is 321. The van der Waals surface area contributed by atoms with E-state index in [-0.39, 0.29) is 0 Å². The fourth-order valence-corrected chi connectivity index (χ4v) is 1.31. The third-order valence-corrected chi connectivity index (χ3v) is 2.32. The average molecular weight is 251 g/mol. The number of hydrogen-bond acceptors (Lipinski definition) is 1. The highest BCUT2D eigenvalue weighted by molar-refractivity contribution is 9.09. The van der Waals surface area contributed by atoms with E-state index in [0.29, 0.717) is 0 Å². The van der Waals surface area contributed by atoms with Gasteiger partial charge in [-0.25, -0.2) is 8.78 Å². The first-order chi connectivity index (χ1) is 6.04. The molecule has 0 amide bonds. The van der Waals surface area contributed by atoms with E-state index in [4.69, 9.17) is 5.11 Å². The first kappa shape index (κ1) is 10.1. The smallest absolute Gasteiger partial charge is 0.322 e. The van der Waals surface area contributed by atoms with Crippen molar-refractivity contribution in [2.75, 3.05) is 0 Å². The maximum atomic E-state index is 12.9. The number of benzene rings is 1. The summed E-state index contributed by atoms with van der Waals surface area (Å²) in [6.45, 7) is 0. The van der Waals surface area contributed by atoms with Crippen LogP contribution in [0.1, 0.15) is 10.4 Å². The Kier molecular flexibility index (Phi) is 2.98. The van der Waals surface area contributed by atoms with Gasteiger partial charge in [-0.15, -0.1) is 0 Å². The molecule has 0 aromatic heterocycles. The minimum absolute atomic E-state index is 0.477. The van der Waals surface area contributed by atoms with Gasteiger partial charge in [0.15, 0.2) is 0 Å². The fourth-order valence-electron chi connectivity index (χ4n) is 0.876. The van der Waals surface area contributed by atoms with E-state index >= 15 is 0 Å². The first-order valence-corrected chi connectivity index (χ1v) is 4.26. The van der Waals surface area contributed by atoms with Crippen molar-refractivity contribution < 1.29 is 18.7 Å². The van der Waals surface area contributed by atoms with E-state index in [1.165, 1.54) is 6.07 Å². The third kappa shape index (κ3) is 2.03. The van der Waals surface area contributed by atoms with Crippen LogP contribution in [-0.4, -0.2) is 11.1 Å². The molecule has 0 spiro atoms. The first-order valence-electron chi connectivity index (χ1n) is 3.35. The minimum Gasteiger partial charge on any atom is -0.480 e. The second-order valence-corrected chi connectivity index (χ2v) is 3.25. The van der Waals surface area contributed by atoms with Gasteiger partial charge in [-0.1, -0.05) is 22.0 Å². The molecule has 0 saturated carbocycles. The van der Waals surface area contributed by atoms with Crippen LogP contribution in [0, 0.1) is 11.6 Å². The summed E-state index contributed by atoms with van der Waals surface area (Å²) in [7, 11) is 0. The summed E-state index contributed by atoms with van der Waals surface area (Å²) in [6, 6.07) is 3.20. The van der Waals surface area contributed by atoms with Gasteiger partial charge >= 0.3 is 5.97 Å². The molecule has 0 aliphatic carbocycles. The molecule has 70 valence electrons. The minimum atomic E-state index is -1.35. The molecular formula is C8H5BrF2O2. The van der Waals surface area contributed by atoms with Gasteiger partial charge in [0.05, 0.1) is 0 Å². The van der Waals surface area contributed by atoms with Gasteiger partial charge in [0.25, 0.3) is 0 Å². The van der Waals surface area contributed by atoms with Crippen LogP contribution in [0.5, 0.6) is 0 Å². The standard InChI is InChI=1S/C8H5BrF2O2/c9-7(8(12)13)6-4(10)2-1-3-5(6)11/h1-3,7H,(H,12,13). The maximum absolute atomic E-state index is 12.9. The van der Waals surface area contributed by atoms with Gasteiger partial charge < -0.3 is 5.11 Å². The van der Waals surface area contributed by atoms with E-state index in [0.717, 1.165) is 12.1 Å². The van der Waals surface area contributed by atoms with Gasteiger partial charge in [0.1, 0.15) is 16.5 Å². The molecule has 13 heavy (non-hydrogen) atoms. The molecule has 1 aromatic carbocycles. The second kappa shape index (κ2) is 3.83. The van der Waals surface area contributed by atoms with E-state index in [2.05, 4.69) is 15.9 Å². The van der Waals surface area contributed by atoms with Crippen molar-refractivity contribution >= 4 is 21.9 Å². The van der Waals surface area contributed by atoms with Crippen LogP contribution in [-0.2, 0) is 4.79 Å². The molecule has 0 saturated heterocycles. The molecule has 0 heterocycles. The molecule has 0 radical (unpaired) electrons. The molecule has 0 fully saturated rings. The molecule has 1 aromatic rings. The predicted octanol–water partition coefficient (Wildman–Crippen LogP) is 2.49. The van der Waals surface area contributed by atoms with Crippen molar-refractivity contribution in [2.45, 2.75) is 4.83 Å². The summed E-state index contributed by atoms with van der Waals surface area (Å²) in [4.78, 5) is 9.07. The van der Waals surface area contributed by atoms with E-state index in [1.807, 2.05) is 0 Å². The lowest BCUT2D eigenvalue weighted by Gasteiger charge is -2.06. The highest BCUT2D eigenvalue weighted by Crippen LogP contribution is 2.27. The number of carboxylic acid groups (broad SMARTS) is 1. The molecule has 0 aliphatic heterocycles. The van der Waals surface area contributed by atoms with Crippen LogP contribution in [0.15, 0.2) is 18.2 Å². The van der Waals surface area contributed by atoms with Crippen LogP contribution in [0.25, 0.3) is 0 Å². The third-order valence-electron chi connectivity index (χ3n) is 1.47. The van der Waals surface area contributed by atoms with Crippen molar-refractivity contribution in [3.8, 4) is 0 Å². The SMILES string of the molecule is O=C(O)C(Br)c1c(F)cccc1F. The Hall–Kier alpha value is -0.970.